The van der Waals surface area contributed by atoms with E-state index in [2.05, 4.69) is 5.32 Å². The summed E-state index contributed by atoms with van der Waals surface area (Å²) in [5.74, 6) is -1.53. The zero-order chi connectivity index (χ0) is 18.3. The first-order valence-electron chi connectivity index (χ1n) is 7.49. The predicted molar refractivity (Wildman–Crippen MR) is 84.4 cm³/mol. The van der Waals surface area contributed by atoms with Crippen molar-refractivity contribution in [1.29, 1.82) is 5.26 Å². The number of hydrogen-bond donors (Lipinski definition) is 1. The van der Waals surface area contributed by atoms with Gasteiger partial charge in [-0.1, -0.05) is 13.8 Å². The molecule has 0 aliphatic heterocycles. The van der Waals surface area contributed by atoms with Crippen molar-refractivity contribution in [3.8, 4) is 11.8 Å². The predicted octanol–water partition coefficient (Wildman–Crippen LogP) is 2.19. The first kappa shape index (κ1) is 19.4. The van der Waals surface area contributed by atoms with E-state index in [1.807, 2.05) is 6.07 Å². The average molecular weight is 336 g/mol. The van der Waals surface area contributed by atoms with Crippen LogP contribution in [0.5, 0.6) is 5.75 Å². The number of halogens is 1. The molecule has 0 saturated carbocycles. The maximum absolute atomic E-state index is 12.8. The van der Waals surface area contributed by atoms with Gasteiger partial charge in [-0.2, -0.15) is 5.26 Å². The van der Waals surface area contributed by atoms with Crippen LogP contribution in [0.2, 0.25) is 0 Å². The maximum Gasteiger partial charge on any atom is 0.347 e. The molecule has 0 unspecified atom stereocenters. The molecular weight excluding hydrogens is 315 g/mol. The standard InChI is InChI=1S/C17H21FN2O4/c1-11(2)17(4,10-19)20-15(21)9-23-16(22)12(3)24-14-7-5-13(18)6-8-14/h5-8,11-12H,9H2,1-4H3,(H,20,21)/t12-,17-/m1/s1. The quantitative estimate of drug-likeness (QED) is 0.771. The summed E-state index contributed by atoms with van der Waals surface area (Å²) in [6.07, 6.45) is -0.962. The minimum atomic E-state index is -1.04. The number of esters is 1. The largest absolute Gasteiger partial charge is 0.479 e. The number of amides is 1. The number of carbonyl (C=O) groups is 2. The van der Waals surface area contributed by atoms with Gasteiger partial charge in [-0.3, -0.25) is 4.79 Å². The zero-order valence-corrected chi connectivity index (χ0v) is 14.1. The Labute approximate surface area is 140 Å². The minimum absolute atomic E-state index is 0.108. The Morgan fingerprint density at radius 3 is 2.38 bits per heavy atom. The summed E-state index contributed by atoms with van der Waals surface area (Å²) >= 11 is 0. The Balaban J connectivity index is 2.49. The third-order valence-corrected chi connectivity index (χ3v) is 3.59. The molecule has 130 valence electrons. The van der Waals surface area contributed by atoms with Crippen LogP contribution in [0.15, 0.2) is 24.3 Å². The van der Waals surface area contributed by atoms with Crippen LogP contribution < -0.4 is 10.1 Å². The summed E-state index contributed by atoms with van der Waals surface area (Å²) in [5, 5.41) is 11.7. The van der Waals surface area contributed by atoms with E-state index >= 15 is 0 Å². The van der Waals surface area contributed by atoms with Gasteiger partial charge in [0.2, 0.25) is 0 Å². The molecule has 1 aromatic rings. The van der Waals surface area contributed by atoms with Crippen LogP contribution in [0.25, 0.3) is 0 Å². The molecule has 0 heterocycles. The Morgan fingerprint density at radius 1 is 1.29 bits per heavy atom. The summed E-state index contributed by atoms with van der Waals surface area (Å²) in [6.45, 7) is 6.14. The summed E-state index contributed by atoms with van der Waals surface area (Å²) in [6, 6.07) is 7.20. The molecule has 24 heavy (non-hydrogen) atoms. The van der Waals surface area contributed by atoms with Gasteiger partial charge in [-0.25, -0.2) is 9.18 Å². The molecule has 0 aliphatic carbocycles. The maximum atomic E-state index is 12.8. The van der Waals surface area contributed by atoms with Crippen LogP contribution in [-0.4, -0.2) is 30.1 Å². The molecule has 1 rings (SSSR count). The van der Waals surface area contributed by atoms with E-state index in [0.717, 1.165) is 0 Å². The van der Waals surface area contributed by atoms with E-state index in [-0.39, 0.29) is 5.92 Å². The second kappa shape index (κ2) is 8.29. The number of nitrogens with zero attached hydrogens (tertiary/aromatic N) is 1. The van der Waals surface area contributed by atoms with Crippen molar-refractivity contribution in [2.45, 2.75) is 39.3 Å². The molecule has 2 atom stereocenters. The van der Waals surface area contributed by atoms with Gasteiger partial charge >= 0.3 is 5.97 Å². The Kier molecular flexibility index (Phi) is 6.71. The topological polar surface area (TPSA) is 88.4 Å². The normalized spacial score (nSPS) is 14.2. The fourth-order valence-corrected chi connectivity index (χ4v) is 1.65. The molecule has 0 aliphatic rings. The highest BCUT2D eigenvalue weighted by Crippen LogP contribution is 2.15. The molecule has 1 aromatic carbocycles. The monoisotopic (exact) mass is 336 g/mol. The zero-order valence-electron chi connectivity index (χ0n) is 14.1. The lowest BCUT2D eigenvalue weighted by Crippen LogP contribution is -2.50. The van der Waals surface area contributed by atoms with Crippen LogP contribution in [0.1, 0.15) is 27.7 Å². The SMILES string of the molecule is CC(C)[C@@](C)(C#N)NC(=O)COC(=O)[C@@H](C)Oc1ccc(F)cc1. The van der Waals surface area contributed by atoms with Crippen molar-refractivity contribution < 1.29 is 23.5 Å². The first-order chi connectivity index (χ1) is 11.2. The van der Waals surface area contributed by atoms with E-state index < -0.39 is 35.9 Å². The van der Waals surface area contributed by atoms with Crippen molar-refractivity contribution in [2.75, 3.05) is 6.61 Å². The minimum Gasteiger partial charge on any atom is -0.479 e. The molecule has 0 radical (unpaired) electrons. The van der Waals surface area contributed by atoms with E-state index in [1.165, 1.54) is 31.2 Å². The lowest BCUT2D eigenvalue weighted by molar-refractivity contribution is -0.155. The van der Waals surface area contributed by atoms with E-state index in [0.29, 0.717) is 5.75 Å². The lowest BCUT2D eigenvalue weighted by Gasteiger charge is -2.27. The number of carbonyl (C=O) groups excluding carboxylic acids is 2. The molecule has 1 N–H and O–H groups in total. The van der Waals surface area contributed by atoms with Gasteiger partial charge in [-0.15, -0.1) is 0 Å². The first-order valence-corrected chi connectivity index (χ1v) is 7.49. The molecule has 0 fully saturated rings. The number of ether oxygens (including phenoxy) is 2. The van der Waals surface area contributed by atoms with E-state index in [4.69, 9.17) is 14.7 Å². The summed E-state index contributed by atoms with van der Waals surface area (Å²) in [5.41, 5.74) is -1.04. The highest BCUT2D eigenvalue weighted by molar-refractivity contribution is 5.82. The number of nitrogens with one attached hydrogen (secondary N) is 1. The molecule has 6 nitrogen and oxygen atoms in total. The van der Waals surface area contributed by atoms with Gasteiger partial charge in [0.1, 0.15) is 17.1 Å². The second-order valence-electron chi connectivity index (χ2n) is 5.84. The second-order valence-corrected chi connectivity index (χ2v) is 5.84. The fourth-order valence-electron chi connectivity index (χ4n) is 1.65. The average Bonchev–Trinajstić information content (AvgIpc) is 2.54. The van der Waals surface area contributed by atoms with Crippen molar-refractivity contribution in [3.05, 3.63) is 30.1 Å². The molecule has 1 amide bonds. The lowest BCUT2D eigenvalue weighted by atomic mass is 9.90. The van der Waals surface area contributed by atoms with Crippen molar-refractivity contribution in [1.82, 2.24) is 5.32 Å². The summed E-state index contributed by atoms with van der Waals surface area (Å²) in [4.78, 5) is 23.6. The van der Waals surface area contributed by atoms with Crippen LogP contribution in [0.3, 0.4) is 0 Å². The highest BCUT2D eigenvalue weighted by atomic mass is 19.1. The van der Waals surface area contributed by atoms with Gasteiger partial charge in [0, 0.05) is 0 Å². The number of rotatable bonds is 7. The van der Waals surface area contributed by atoms with Crippen molar-refractivity contribution in [3.63, 3.8) is 0 Å². The van der Waals surface area contributed by atoms with Gasteiger partial charge in [-0.05, 0) is 44.0 Å². The third kappa shape index (κ3) is 5.54. The van der Waals surface area contributed by atoms with Gasteiger partial charge in [0.15, 0.2) is 12.7 Å². The molecule has 0 bridgehead atoms. The Hall–Kier alpha value is -2.62. The smallest absolute Gasteiger partial charge is 0.347 e. The van der Waals surface area contributed by atoms with Gasteiger partial charge < -0.3 is 14.8 Å². The van der Waals surface area contributed by atoms with Gasteiger partial charge in [0.05, 0.1) is 6.07 Å². The number of hydrogen-bond acceptors (Lipinski definition) is 5. The number of benzene rings is 1. The van der Waals surface area contributed by atoms with Crippen LogP contribution in [0, 0.1) is 23.1 Å². The summed E-state index contributed by atoms with van der Waals surface area (Å²) < 4.78 is 23.0. The molecular formula is C17H21FN2O4. The Bertz CT molecular complexity index is 624. The van der Waals surface area contributed by atoms with Crippen LogP contribution >= 0.6 is 0 Å². The van der Waals surface area contributed by atoms with E-state index in [9.17, 15) is 14.0 Å². The Morgan fingerprint density at radius 2 is 1.88 bits per heavy atom. The molecule has 0 aromatic heterocycles. The van der Waals surface area contributed by atoms with Crippen molar-refractivity contribution >= 4 is 11.9 Å². The summed E-state index contributed by atoms with van der Waals surface area (Å²) in [7, 11) is 0. The van der Waals surface area contributed by atoms with Crippen LogP contribution in [-0.2, 0) is 14.3 Å². The number of nitriles is 1. The van der Waals surface area contributed by atoms with E-state index in [1.54, 1.807) is 20.8 Å². The highest BCUT2D eigenvalue weighted by Gasteiger charge is 2.30. The van der Waals surface area contributed by atoms with Gasteiger partial charge in [0.25, 0.3) is 5.91 Å². The van der Waals surface area contributed by atoms with Crippen molar-refractivity contribution in [2.24, 2.45) is 5.92 Å². The molecule has 0 saturated heterocycles. The van der Waals surface area contributed by atoms with Crippen LogP contribution in [0.4, 0.5) is 4.39 Å². The third-order valence-electron chi connectivity index (χ3n) is 3.59. The fraction of sp³-hybridized carbons (Fsp3) is 0.471. The molecule has 7 heteroatoms. The molecule has 0 spiro atoms.